The van der Waals surface area contributed by atoms with E-state index in [1.807, 2.05) is 13.8 Å². The third kappa shape index (κ3) is 3.10. The molecule has 1 N–H and O–H groups in total. The molecule has 2 rings (SSSR count). The molecular formula is C15H21NO5. The van der Waals surface area contributed by atoms with Crippen molar-refractivity contribution in [2.24, 2.45) is 0 Å². The third-order valence-corrected chi connectivity index (χ3v) is 3.63. The van der Waals surface area contributed by atoms with Gasteiger partial charge in [-0.2, -0.15) is 0 Å². The zero-order valence-corrected chi connectivity index (χ0v) is 13.0. The number of furan rings is 1. The molecule has 0 bridgehead atoms. The number of carbonyl (C=O) groups is 2. The number of hydrogen-bond donors (Lipinski definition) is 1. The molecule has 0 spiro atoms. The first kappa shape index (κ1) is 15.6. The van der Waals surface area contributed by atoms with Gasteiger partial charge in [-0.25, -0.2) is 4.79 Å². The summed E-state index contributed by atoms with van der Waals surface area (Å²) in [4.78, 5) is 23.5. The van der Waals surface area contributed by atoms with Crippen LogP contribution in [0.5, 0.6) is 0 Å². The van der Waals surface area contributed by atoms with Crippen LogP contribution in [-0.2, 0) is 20.8 Å². The lowest BCUT2D eigenvalue weighted by atomic mass is 9.92. The van der Waals surface area contributed by atoms with Crippen LogP contribution in [0.2, 0.25) is 0 Å². The van der Waals surface area contributed by atoms with Crippen LogP contribution in [0.4, 0.5) is 0 Å². The maximum atomic E-state index is 12.0. The topological polar surface area (TPSA) is 77.8 Å². The predicted octanol–water partition coefficient (Wildman–Crippen LogP) is 1.95. The molecule has 1 aromatic heterocycles. The molecule has 1 aromatic rings. The Labute approximate surface area is 123 Å². The van der Waals surface area contributed by atoms with Gasteiger partial charge in [-0.05, 0) is 33.8 Å². The van der Waals surface area contributed by atoms with Crippen LogP contribution >= 0.6 is 0 Å². The van der Waals surface area contributed by atoms with Crippen molar-refractivity contribution in [1.82, 2.24) is 5.32 Å². The molecule has 6 nitrogen and oxygen atoms in total. The van der Waals surface area contributed by atoms with E-state index in [4.69, 9.17) is 9.15 Å². The zero-order valence-electron chi connectivity index (χ0n) is 13.0. The molecule has 1 unspecified atom stereocenters. The van der Waals surface area contributed by atoms with E-state index in [1.165, 1.54) is 7.11 Å². The maximum absolute atomic E-state index is 12.0. The molecule has 1 atom stereocenters. The molecule has 0 amide bonds. The smallest absolute Gasteiger partial charge is 0.341 e. The number of cyclic esters (lactones) is 1. The fraction of sp³-hybridized carbons (Fsp3) is 0.600. The van der Waals surface area contributed by atoms with Crippen LogP contribution in [-0.4, -0.2) is 30.2 Å². The van der Waals surface area contributed by atoms with Gasteiger partial charge in [0.1, 0.15) is 28.2 Å². The fourth-order valence-electron chi connectivity index (χ4n) is 2.68. The van der Waals surface area contributed by atoms with Crippen molar-refractivity contribution >= 4 is 11.9 Å². The SMILES string of the molecule is COC(=O)c1cc(CNC2(C)CC(C)(C)OC2=O)oc1C. The van der Waals surface area contributed by atoms with E-state index in [9.17, 15) is 9.59 Å². The van der Waals surface area contributed by atoms with Crippen LogP contribution in [0.25, 0.3) is 0 Å². The average Bonchev–Trinajstić information content (AvgIpc) is 2.84. The van der Waals surface area contributed by atoms with Crippen molar-refractivity contribution in [3.8, 4) is 0 Å². The van der Waals surface area contributed by atoms with Gasteiger partial charge < -0.3 is 13.9 Å². The maximum Gasteiger partial charge on any atom is 0.341 e. The van der Waals surface area contributed by atoms with Crippen LogP contribution in [0.1, 0.15) is 49.1 Å². The van der Waals surface area contributed by atoms with Crippen LogP contribution in [0.3, 0.4) is 0 Å². The molecule has 116 valence electrons. The molecule has 1 fully saturated rings. The quantitative estimate of drug-likeness (QED) is 0.855. The van der Waals surface area contributed by atoms with Gasteiger partial charge in [-0.3, -0.25) is 10.1 Å². The highest BCUT2D eigenvalue weighted by Gasteiger charge is 2.49. The lowest BCUT2D eigenvalue weighted by molar-refractivity contribution is -0.149. The van der Waals surface area contributed by atoms with E-state index in [-0.39, 0.29) is 5.97 Å². The summed E-state index contributed by atoms with van der Waals surface area (Å²) in [5.41, 5.74) is -0.834. The number of esters is 2. The second-order valence-corrected chi connectivity index (χ2v) is 6.19. The van der Waals surface area contributed by atoms with Crippen LogP contribution < -0.4 is 5.32 Å². The Morgan fingerprint density at radius 3 is 2.62 bits per heavy atom. The van der Waals surface area contributed by atoms with Gasteiger partial charge in [-0.1, -0.05) is 0 Å². The van der Waals surface area contributed by atoms with Gasteiger partial charge in [0.05, 0.1) is 13.7 Å². The molecule has 21 heavy (non-hydrogen) atoms. The summed E-state index contributed by atoms with van der Waals surface area (Å²) in [6, 6.07) is 1.63. The standard InChI is InChI=1S/C15H21NO5/c1-9-11(12(17)19-5)6-10(20-9)7-16-15(4)8-14(2,3)21-13(15)18/h6,16H,7-8H2,1-5H3. The normalized spacial score (nSPS) is 24.0. The number of aryl methyl sites for hydroxylation is 1. The monoisotopic (exact) mass is 295 g/mol. The van der Waals surface area contributed by atoms with Crippen molar-refractivity contribution in [2.75, 3.05) is 7.11 Å². The van der Waals surface area contributed by atoms with Crippen LogP contribution in [0, 0.1) is 6.92 Å². The molecule has 0 aromatic carbocycles. The highest BCUT2D eigenvalue weighted by Crippen LogP contribution is 2.33. The van der Waals surface area contributed by atoms with Crippen LogP contribution in [0.15, 0.2) is 10.5 Å². The first-order valence-corrected chi connectivity index (χ1v) is 6.83. The van der Waals surface area contributed by atoms with Gasteiger partial charge in [0.25, 0.3) is 0 Å². The molecular weight excluding hydrogens is 274 g/mol. The minimum atomic E-state index is -0.754. The molecule has 2 heterocycles. The minimum Gasteiger partial charge on any atom is -0.465 e. The Kier molecular flexibility index (Phi) is 3.84. The van der Waals surface area contributed by atoms with Crippen molar-refractivity contribution in [1.29, 1.82) is 0 Å². The molecule has 0 saturated carbocycles. The Morgan fingerprint density at radius 2 is 2.10 bits per heavy atom. The minimum absolute atomic E-state index is 0.274. The number of rotatable bonds is 4. The second kappa shape index (κ2) is 5.18. The van der Waals surface area contributed by atoms with Gasteiger partial charge >= 0.3 is 11.9 Å². The van der Waals surface area contributed by atoms with Gasteiger partial charge in [0.2, 0.25) is 0 Å². The molecule has 0 aliphatic carbocycles. The molecule has 1 aliphatic rings. The summed E-state index contributed by atoms with van der Waals surface area (Å²) >= 11 is 0. The average molecular weight is 295 g/mol. The van der Waals surface area contributed by atoms with E-state index in [0.717, 1.165) is 0 Å². The lowest BCUT2D eigenvalue weighted by Crippen LogP contribution is -2.46. The first-order chi connectivity index (χ1) is 9.67. The zero-order chi connectivity index (χ0) is 15.8. The van der Waals surface area contributed by atoms with Crippen molar-refractivity contribution in [3.63, 3.8) is 0 Å². The number of hydrogen-bond acceptors (Lipinski definition) is 6. The lowest BCUT2D eigenvalue weighted by Gasteiger charge is -2.21. The molecule has 1 saturated heterocycles. The largest absolute Gasteiger partial charge is 0.465 e. The van der Waals surface area contributed by atoms with Crippen molar-refractivity contribution < 1.29 is 23.5 Å². The van der Waals surface area contributed by atoms with Crippen molar-refractivity contribution in [3.05, 3.63) is 23.2 Å². The summed E-state index contributed by atoms with van der Waals surface area (Å²) in [6.07, 6.45) is 0.572. The predicted molar refractivity (Wildman–Crippen MR) is 74.8 cm³/mol. The van der Waals surface area contributed by atoms with E-state index in [0.29, 0.717) is 30.0 Å². The highest BCUT2D eigenvalue weighted by atomic mass is 16.6. The second-order valence-electron chi connectivity index (χ2n) is 6.19. The summed E-state index contributed by atoms with van der Waals surface area (Å²) in [5, 5.41) is 3.16. The summed E-state index contributed by atoms with van der Waals surface area (Å²) < 4.78 is 15.5. The van der Waals surface area contributed by atoms with Gasteiger partial charge in [0.15, 0.2) is 0 Å². The van der Waals surface area contributed by atoms with Gasteiger partial charge in [0, 0.05) is 6.42 Å². The first-order valence-electron chi connectivity index (χ1n) is 6.83. The fourth-order valence-corrected chi connectivity index (χ4v) is 2.68. The van der Waals surface area contributed by atoms with Crippen molar-refractivity contribution in [2.45, 2.75) is 51.8 Å². The number of ether oxygens (including phenoxy) is 2. The Hall–Kier alpha value is -1.82. The Balaban J connectivity index is 2.07. The summed E-state index contributed by atoms with van der Waals surface area (Å²) in [7, 11) is 1.32. The highest BCUT2D eigenvalue weighted by molar-refractivity contribution is 5.90. The van der Waals surface area contributed by atoms with E-state index in [1.54, 1.807) is 19.9 Å². The molecule has 0 radical (unpaired) electrons. The third-order valence-electron chi connectivity index (χ3n) is 3.63. The summed E-state index contributed by atoms with van der Waals surface area (Å²) in [5.74, 6) is 0.365. The van der Waals surface area contributed by atoms with E-state index < -0.39 is 17.1 Å². The Bertz CT molecular complexity index is 575. The number of carbonyl (C=O) groups excluding carboxylic acids is 2. The molecule has 1 aliphatic heterocycles. The molecule has 6 heteroatoms. The van der Waals surface area contributed by atoms with E-state index in [2.05, 4.69) is 10.1 Å². The number of methoxy groups -OCH3 is 1. The van der Waals surface area contributed by atoms with E-state index >= 15 is 0 Å². The Morgan fingerprint density at radius 1 is 1.43 bits per heavy atom. The summed E-state index contributed by atoms with van der Waals surface area (Å²) in [6.45, 7) is 7.60. The number of nitrogens with one attached hydrogen (secondary N) is 1. The van der Waals surface area contributed by atoms with Gasteiger partial charge in [-0.15, -0.1) is 0 Å².